The molecule has 94 valence electrons. The third kappa shape index (κ3) is 3.59. The third-order valence-corrected chi connectivity index (χ3v) is 3.85. The van der Waals surface area contributed by atoms with E-state index >= 15 is 0 Å². The van der Waals surface area contributed by atoms with Crippen LogP contribution in [-0.2, 0) is 4.74 Å². The van der Waals surface area contributed by atoms with Crippen LogP contribution in [-0.4, -0.2) is 67.7 Å². The van der Waals surface area contributed by atoms with E-state index in [1.165, 1.54) is 45.4 Å². The van der Waals surface area contributed by atoms with Gasteiger partial charge in [0, 0.05) is 38.1 Å². The Morgan fingerprint density at radius 2 is 2.06 bits per heavy atom. The number of rotatable bonds is 5. The monoisotopic (exact) mass is 246 g/mol. The van der Waals surface area contributed by atoms with Crippen molar-refractivity contribution in [2.45, 2.75) is 25.3 Å². The van der Waals surface area contributed by atoms with Crippen LogP contribution < -0.4 is 0 Å². The average Bonchev–Trinajstić information content (AvgIpc) is 2.34. The second-order valence-electron chi connectivity index (χ2n) is 4.79. The standard InChI is InChI=1S/C12H23ClN2O/c13-4-9-16-10-8-14-6-7-15-5-2-1-3-12(15)11-14/h12H,1-11H2. The van der Waals surface area contributed by atoms with Gasteiger partial charge >= 0.3 is 0 Å². The second-order valence-corrected chi connectivity index (χ2v) is 5.17. The fourth-order valence-corrected chi connectivity index (χ4v) is 2.88. The number of ether oxygens (including phenoxy) is 1. The van der Waals surface area contributed by atoms with Gasteiger partial charge in [0.25, 0.3) is 0 Å². The minimum Gasteiger partial charge on any atom is -0.379 e. The molecule has 0 saturated carbocycles. The Morgan fingerprint density at radius 3 is 2.94 bits per heavy atom. The lowest BCUT2D eigenvalue weighted by Crippen LogP contribution is -2.55. The molecule has 0 radical (unpaired) electrons. The lowest BCUT2D eigenvalue weighted by molar-refractivity contribution is 0.0315. The fourth-order valence-electron chi connectivity index (χ4n) is 2.77. The summed E-state index contributed by atoms with van der Waals surface area (Å²) < 4.78 is 5.43. The molecule has 2 heterocycles. The summed E-state index contributed by atoms with van der Waals surface area (Å²) in [6, 6.07) is 0.815. The molecular weight excluding hydrogens is 224 g/mol. The molecule has 0 aliphatic carbocycles. The van der Waals surface area contributed by atoms with Gasteiger partial charge in [0.15, 0.2) is 0 Å². The van der Waals surface area contributed by atoms with Gasteiger partial charge in [-0.15, -0.1) is 11.6 Å². The van der Waals surface area contributed by atoms with Crippen LogP contribution in [0.1, 0.15) is 19.3 Å². The summed E-state index contributed by atoms with van der Waals surface area (Å²) in [6.07, 6.45) is 4.20. The van der Waals surface area contributed by atoms with Crippen molar-refractivity contribution in [2.24, 2.45) is 0 Å². The quantitative estimate of drug-likeness (QED) is 0.539. The molecule has 3 nitrogen and oxygen atoms in total. The van der Waals surface area contributed by atoms with Gasteiger partial charge in [0.2, 0.25) is 0 Å². The van der Waals surface area contributed by atoms with Crippen LogP contribution >= 0.6 is 11.6 Å². The molecule has 1 unspecified atom stereocenters. The van der Waals surface area contributed by atoms with E-state index in [1.807, 2.05) is 0 Å². The smallest absolute Gasteiger partial charge is 0.0602 e. The van der Waals surface area contributed by atoms with Gasteiger partial charge in [-0.3, -0.25) is 9.80 Å². The third-order valence-electron chi connectivity index (χ3n) is 3.69. The van der Waals surface area contributed by atoms with Crippen LogP contribution in [0.5, 0.6) is 0 Å². The first kappa shape index (κ1) is 12.6. The molecule has 16 heavy (non-hydrogen) atoms. The van der Waals surface area contributed by atoms with Crippen molar-refractivity contribution in [3.63, 3.8) is 0 Å². The molecule has 4 heteroatoms. The van der Waals surface area contributed by atoms with Crippen LogP contribution in [0.25, 0.3) is 0 Å². The molecule has 0 N–H and O–H groups in total. The van der Waals surface area contributed by atoms with Crippen LogP contribution in [0.3, 0.4) is 0 Å². The second kappa shape index (κ2) is 6.80. The molecule has 0 amide bonds. The molecule has 2 fully saturated rings. The summed E-state index contributed by atoms with van der Waals surface area (Å²) in [5.41, 5.74) is 0. The SMILES string of the molecule is ClCCOCCN1CCN2CCCCC2C1. The van der Waals surface area contributed by atoms with Crippen LogP contribution in [0, 0.1) is 0 Å². The van der Waals surface area contributed by atoms with Crippen molar-refractivity contribution in [3.8, 4) is 0 Å². The van der Waals surface area contributed by atoms with E-state index in [4.69, 9.17) is 16.3 Å². The molecule has 1 atom stereocenters. The van der Waals surface area contributed by atoms with Gasteiger partial charge in [0.1, 0.15) is 0 Å². The summed E-state index contributed by atoms with van der Waals surface area (Å²) in [6.45, 7) is 7.61. The predicted octanol–water partition coefficient (Wildman–Crippen LogP) is 1.41. The highest BCUT2D eigenvalue weighted by atomic mass is 35.5. The van der Waals surface area contributed by atoms with Crippen LogP contribution in [0.2, 0.25) is 0 Å². The van der Waals surface area contributed by atoms with E-state index in [0.717, 1.165) is 19.2 Å². The highest BCUT2D eigenvalue weighted by Crippen LogP contribution is 2.20. The maximum absolute atomic E-state index is 5.57. The number of nitrogens with zero attached hydrogens (tertiary/aromatic N) is 2. The molecule has 2 aliphatic rings. The zero-order valence-electron chi connectivity index (χ0n) is 10.0. The molecule has 2 aliphatic heterocycles. The van der Waals surface area contributed by atoms with E-state index in [0.29, 0.717) is 12.5 Å². The number of hydrogen-bond donors (Lipinski definition) is 0. The summed E-state index contributed by atoms with van der Waals surface area (Å²) in [4.78, 5) is 5.21. The van der Waals surface area contributed by atoms with Gasteiger partial charge in [-0.05, 0) is 19.4 Å². The highest BCUT2D eigenvalue weighted by Gasteiger charge is 2.28. The van der Waals surface area contributed by atoms with E-state index < -0.39 is 0 Å². The van der Waals surface area contributed by atoms with Crippen molar-refractivity contribution in [1.82, 2.24) is 9.80 Å². The van der Waals surface area contributed by atoms with Gasteiger partial charge < -0.3 is 4.74 Å². The zero-order valence-corrected chi connectivity index (χ0v) is 10.8. The zero-order chi connectivity index (χ0) is 11.2. The Morgan fingerprint density at radius 1 is 1.12 bits per heavy atom. The largest absolute Gasteiger partial charge is 0.379 e. The Balaban J connectivity index is 1.65. The summed E-state index contributed by atoms with van der Waals surface area (Å²) >= 11 is 5.57. The Kier molecular flexibility index (Phi) is 5.36. The number of piperazine rings is 1. The number of fused-ring (bicyclic) bond motifs is 1. The minimum atomic E-state index is 0.608. The van der Waals surface area contributed by atoms with E-state index in [-0.39, 0.29) is 0 Å². The lowest BCUT2D eigenvalue weighted by Gasteiger charge is -2.44. The topological polar surface area (TPSA) is 15.7 Å². The first-order valence-electron chi connectivity index (χ1n) is 6.50. The molecule has 0 bridgehead atoms. The molecule has 0 spiro atoms. The summed E-state index contributed by atoms with van der Waals surface area (Å²) in [5, 5.41) is 0. The predicted molar refractivity (Wildman–Crippen MR) is 67.2 cm³/mol. The van der Waals surface area contributed by atoms with Gasteiger partial charge in [0.05, 0.1) is 13.2 Å². The molecule has 2 rings (SSSR count). The number of piperidine rings is 1. The normalized spacial score (nSPS) is 27.9. The van der Waals surface area contributed by atoms with Gasteiger partial charge in [-0.1, -0.05) is 6.42 Å². The number of alkyl halides is 1. The van der Waals surface area contributed by atoms with E-state index in [9.17, 15) is 0 Å². The fraction of sp³-hybridized carbons (Fsp3) is 1.00. The maximum atomic E-state index is 5.57. The molecule has 2 saturated heterocycles. The van der Waals surface area contributed by atoms with Crippen LogP contribution in [0.4, 0.5) is 0 Å². The van der Waals surface area contributed by atoms with E-state index in [1.54, 1.807) is 0 Å². The van der Waals surface area contributed by atoms with Crippen molar-refractivity contribution in [3.05, 3.63) is 0 Å². The lowest BCUT2D eigenvalue weighted by atomic mass is 9.99. The number of hydrogen-bond acceptors (Lipinski definition) is 3. The average molecular weight is 247 g/mol. The summed E-state index contributed by atoms with van der Waals surface area (Å²) in [5.74, 6) is 0.608. The maximum Gasteiger partial charge on any atom is 0.0602 e. The van der Waals surface area contributed by atoms with Crippen LogP contribution in [0.15, 0.2) is 0 Å². The first-order valence-corrected chi connectivity index (χ1v) is 7.03. The Labute approximate surface area is 104 Å². The number of halogens is 1. The summed E-state index contributed by atoms with van der Waals surface area (Å²) in [7, 11) is 0. The molecule has 0 aromatic heterocycles. The van der Waals surface area contributed by atoms with Crippen molar-refractivity contribution in [2.75, 3.05) is 51.8 Å². The highest BCUT2D eigenvalue weighted by molar-refractivity contribution is 6.17. The van der Waals surface area contributed by atoms with E-state index in [2.05, 4.69) is 9.80 Å². The Bertz CT molecular complexity index is 203. The molecular formula is C12H23ClN2O. The molecule has 0 aromatic rings. The van der Waals surface area contributed by atoms with Gasteiger partial charge in [-0.25, -0.2) is 0 Å². The van der Waals surface area contributed by atoms with Gasteiger partial charge in [-0.2, -0.15) is 0 Å². The Hall–Kier alpha value is 0.170. The van der Waals surface area contributed by atoms with Crippen molar-refractivity contribution in [1.29, 1.82) is 0 Å². The minimum absolute atomic E-state index is 0.608. The van der Waals surface area contributed by atoms with Crippen molar-refractivity contribution < 1.29 is 4.74 Å². The molecule has 0 aromatic carbocycles. The first-order chi connectivity index (χ1) is 7.90. The van der Waals surface area contributed by atoms with Crippen molar-refractivity contribution >= 4 is 11.6 Å².